The van der Waals surface area contributed by atoms with Crippen molar-refractivity contribution < 1.29 is 4.79 Å². The zero-order chi connectivity index (χ0) is 9.56. The largest absolute Gasteiger partial charge is 0.388 e. The molecule has 0 atom stereocenters. The van der Waals surface area contributed by atoms with E-state index in [0.717, 1.165) is 5.01 Å². The van der Waals surface area contributed by atoms with Crippen molar-refractivity contribution in [1.29, 1.82) is 0 Å². The molecule has 4 heteroatoms. The van der Waals surface area contributed by atoms with Crippen LogP contribution in [0.5, 0.6) is 0 Å². The molecule has 0 fully saturated rings. The van der Waals surface area contributed by atoms with Crippen molar-refractivity contribution in [1.82, 2.24) is 10.3 Å². The average molecular weight is 169 g/mol. The van der Waals surface area contributed by atoms with E-state index >= 15 is 0 Å². The first-order valence-electron chi connectivity index (χ1n) is 3.73. The van der Waals surface area contributed by atoms with E-state index in [1.807, 2.05) is 0 Å². The van der Waals surface area contributed by atoms with Gasteiger partial charge in [0.25, 0.3) is 5.91 Å². The minimum Gasteiger partial charge on any atom is -0.388 e. The summed E-state index contributed by atoms with van der Waals surface area (Å²) in [6, 6.07) is 0. The summed E-state index contributed by atoms with van der Waals surface area (Å²) in [5.41, 5.74) is 0.656. The van der Waals surface area contributed by atoms with Gasteiger partial charge in [0.05, 0.1) is 0 Å². The highest BCUT2D eigenvalue weighted by Crippen LogP contribution is 1.91. The molecule has 0 saturated carbocycles. The van der Waals surface area contributed by atoms with Gasteiger partial charge in [-0.15, -0.1) is 0 Å². The summed E-state index contributed by atoms with van der Waals surface area (Å²) in [6.07, 6.45) is 2.96. The predicted octanol–water partition coefficient (Wildman–Crippen LogP) is -0.00210. The summed E-state index contributed by atoms with van der Waals surface area (Å²) >= 11 is 0. The molecule has 0 rings (SSSR count). The summed E-state index contributed by atoms with van der Waals surface area (Å²) in [6.45, 7) is 5.82. The standard InChI is InChI=1S/C8H15N3O/c1-4-7(10-3)6-8(12)11(9)5-2/h4,6,10H,1,5,9H2,2-3H3/b7-6+. The number of carbonyl (C=O) groups is 1. The van der Waals surface area contributed by atoms with Crippen molar-refractivity contribution in [2.75, 3.05) is 13.6 Å². The zero-order valence-electron chi connectivity index (χ0n) is 7.50. The highest BCUT2D eigenvalue weighted by molar-refractivity contribution is 5.88. The van der Waals surface area contributed by atoms with Gasteiger partial charge in [0.2, 0.25) is 0 Å². The van der Waals surface area contributed by atoms with Crippen LogP contribution in [-0.4, -0.2) is 24.5 Å². The lowest BCUT2D eigenvalue weighted by Gasteiger charge is -2.11. The van der Waals surface area contributed by atoms with Crippen molar-refractivity contribution in [3.05, 3.63) is 24.4 Å². The second-order valence-electron chi connectivity index (χ2n) is 2.18. The molecule has 0 aromatic heterocycles. The van der Waals surface area contributed by atoms with Gasteiger partial charge in [-0.05, 0) is 13.0 Å². The van der Waals surface area contributed by atoms with Crippen LogP contribution in [-0.2, 0) is 4.79 Å². The number of hydrazine groups is 1. The van der Waals surface area contributed by atoms with Gasteiger partial charge >= 0.3 is 0 Å². The van der Waals surface area contributed by atoms with Crippen LogP contribution < -0.4 is 11.2 Å². The van der Waals surface area contributed by atoms with E-state index < -0.39 is 0 Å². The first-order valence-corrected chi connectivity index (χ1v) is 3.73. The molecule has 4 nitrogen and oxygen atoms in total. The lowest BCUT2D eigenvalue weighted by molar-refractivity contribution is -0.126. The molecule has 0 unspecified atom stereocenters. The molecular formula is C8H15N3O. The Labute approximate surface area is 72.7 Å². The third kappa shape index (κ3) is 3.21. The number of carbonyl (C=O) groups excluding carboxylic acids is 1. The molecule has 0 aromatic rings. The Bertz CT molecular complexity index is 198. The first kappa shape index (κ1) is 10.7. The Morgan fingerprint density at radius 2 is 2.33 bits per heavy atom. The topological polar surface area (TPSA) is 58.4 Å². The fraction of sp³-hybridized carbons (Fsp3) is 0.375. The van der Waals surface area contributed by atoms with Crippen molar-refractivity contribution in [3.63, 3.8) is 0 Å². The number of hydrogen-bond donors (Lipinski definition) is 2. The van der Waals surface area contributed by atoms with Crippen molar-refractivity contribution in [2.45, 2.75) is 6.92 Å². The Hall–Kier alpha value is -1.29. The third-order valence-corrected chi connectivity index (χ3v) is 1.41. The third-order valence-electron chi connectivity index (χ3n) is 1.41. The first-order chi connectivity index (χ1) is 5.65. The smallest absolute Gasteiger partial charge is 0.262 e. The zero-order valence-corrected chi connectivity index (χ0v) is 7.50. The molecule has 0 aliphatic rings. The molecule has 0 aliphatic heterocycles. The fourth-order valence-corrected chi connectivity index (χ4v) is 0.605. The maximum atomic E-state index is 11.1. The molecule has 0 aromatic carbocycles. The van der Waals surface area contributed by atoms with Gasteiger partial charge in [0, 0.05) is 25.4 Å². The number of likely N-dealkylation sites (N-methyl/N-ethyl adjacent to an activating group) is 2. The Balaban J connectivity index is 4.30. The van der Waals surface area contributed by atoms with Crippen molar-refractivity contribution in [3.8, 4) is 0 Å². The molecule has 12 heavy (non-hydrogen) atoms. The van der Waals surface area contributed by atoms with Crippen LogP contribution in [0.1, 0.15) is 6.92 Å². The predicted molar refractivity (Wildman–Crippen MR) is 48.9 cm³/mol. The molecular weight excluding hydrogens is 154 g/mol. The Morgan fingerprint density at radius 3 is 2.67 bits per heavy atom. The number of rotatable bonds is 4. The summed E-state index contributed by atoms with van der Waals surface area (Å²) in [4.78, 5) is 11.1. The van der Waals surface area contributed by atoms with E-state index in [0.29, 0.717) is 12.2 Å². The van der Waals surface area contributed by atoms with E-state index in [9.17, 15) is 4.79 Å². The van der Waals surface area contributed by atoms with Crippen molar-refractivity contribution >= 4 is 5.91 Å². The monoisotopic (exact) mass is 169 g/mol. The molecule has 0 aliphatic carbocycles. The molecule has 0 saturated heterocycles. The van der Waals surface area contributed by atoms with Crippen LogP contribution in [0.4, 0.5) is 0 Å². The van der Waals surface area contributed by atoms with Crippen LogP contribution >= 0.6 is 0 Å². The Kier molecular flexibility index (Phi) is 4.79. The van der Waals surface area contributed by atoms with Gasteiger partial charge in [-0.1, -0.05) is 6.58 Å². The number of allylic oxidation sites excluding steroid dienone is 1. The molecule has 0 radical (unpaired) electrons. The number of nitrogens with zero attached hydrogens (tertiary/aromatic N) is 1. The van der Waals surface area contributed by atoms with Gasteiger partial charge in [-0.25, -0.2) is 5.84 Å². The van der Waals surface area contributed by atoms with E-state index in [1.54, 1.807) is 20.0 Å². The second kappa shape index (κ2) is 5.37. The van der Waals surface area contributed by atoms with Crippen LogP contribution in [0.2, 0.25) is 0 Å². The van der Waals surface area contributed by atoms with Crippen LogP contribution in [0, 0.1) is 0 Å². The molecule has 0 bridgehead atoms. The van der Waals surface area contributed by atoms with Gasteiger partial charge in [-0.3, -0.25) is 9.80 Å². The number of nitrogens with two attached hydrogens (primary N) is 1. The number of hydrogen-bond acceptors (Lipinski definition) is 3. The van der Waals surface area contributed by atoms with Crippen molar-refractivity contribution in [2.24, 2.45) is 5.84 Å². The Morgan fingerprint density at radius 1 is 1.75 bits per heavy atom. The van der Waals surface area contributed by atoms with E-state index in [4.69, 9.17) is 5.84 Å². The lowest BCUT2D eigenvalue weighted by Crippen LogP contribution is -2.36. The highest BCUT2D eigenvalue weighted by atomic mass is 16.2. The van der Waals surface area contributed by atoms with E-state index in [-0.39, 0.29) is 5.91 Å². The average Bonchev–Trinajstić information content (AvgIpc) is 2.12. The summed E-state index contributed by atoms with van der Waals surface area (Å²) in [5.74, 6) is 5.12. The normalized spacial score (nSPS) is 10.8. The van der Waals surface area contributed by atoms with E-state index in [1.165, 1.54) is 6.08 Å². The van der Waals surface area contributed by atoms with Crippen LogP contribution in [0.15, 0.2) is 24.4 Å². The number of nitrogens with one attached hydrogen (secondary N) is 1. The SMILES string of the molecule is C=C/C(=C\C(=O)N(N)CC)NC. The maximum Gasteiger partial charge on any atom is 0.262 e. The number of amides is 1. The van der Waals surface area contributed by atoms with Gasteiger partial charge in [-0.2, -0.15) is 0 Å². The maximum absolute atomic E-state index is 11.1. The van der Waals surface area contributed by atoms with Gasteiger partial charge < -0.3 is 5.32 Å². The summed E-state index contributed by atoms with van der Waals surface area (Å²) in [5, 5.41) is 3.93. The minimum absolute atomic E-state index is 0.234. The molecule has 0 heterocycles. The molecule has 1 amide bonds. The highest BCUT2D eigenvalue weighted by Gasteiger charge is 2.02. The van der Waals surface area contributed by atoms with Gasteiger partial charge in [0.15, 0.2) is 0 Å². The minimum atomic E-state index is -0.234. The summed E-state index contributed by atoms with van der Waals surface area (Å²) in [7, 11) is 1.72. The lowest BCUT2D eigenvalue weighted by atomic mass is 10.3. The summed E-state index contributed by atoms with van der Waals surface area (Å²) < 4.78 is 0. The van der Waals surface area contributed by atoms with Gasteiger partial charge in [0.1, 0.15) is 0 Å². The second-order valence-corrected chi connectivity index (χ2v) is 2.18. The molecule has 0 spiro atoms. The fourth-order valence-electron chi connectivity index (χ4n) is 0.605. The quantitative estimate of drug-likeness (QED) is 0.205. The van der Waals surface area contributed by atoms with Crippen LogP contribution in [0.25, 0.3) is 0 Å². The molecule has 3 N–H and O–H groups in total. The molecule has 68 valence electrons. The van der Waals surface area contributed by atoms with E-state index in [2.05, 4.69) is 11.9 Å². The van der Waals surface area contributed by atoms with Crippen LogP contribution in [0.3, 0.4) is 0 Å².